The molecular formula is C61H108O6. The number of hydrogen-bond donors (Lipinski definition) is 0. The second-order valence-electron chi connectivity index (χ2n) is 19.3. The molecule has 0 N–H and O–H groups in total. The third-order valence-corrected chi connectivity index (χ3v) is 12.6. The first kappa shape index (κ1) is 64.1. The van der Waals surface area contributed by atoms with E-state index < -0.39 is 6.10 Å². The van der Waals surface area contributed by atoms with E-state index in [0.29, 0.717) is 19.3 Å². The highest BCUT2D eigenvalue weighted by Crippen LogP contribution is 2.16. The summed E-state index contributed by atoms with van der Waals surface area (Å²) in [4.78, 5) is 38.1. The number of allylic oxidation sites excluding steroid dienone is 10. The largest absolute Gasteiger partial charge is 0.462 e. The smallest absolute Gasteiger partial charge is 0.306 e. The van der Waals surface area contributed by atoms with E-state index in [9.17, 15) is 14.4 Å². The molecule has 67 heavy (non-hydrogen) atoms. The fourth-order valence-corrected chi connectivity index (χ4v) is 8.26. The highest BCUT2D eigenvalue weighted by Gasteiger charge is 2.19. The second kappa shape index (κ2) is 55.7. The van der Waals surface area contributed by atoms with E-state index in [1.165, 1.54) is 148 Å². The van der Waals surface area contributed by atoms with Crippen LogP contribution in [0.5, 0.6) is 0 Å². The summed E-state index contributed by atoms with van der Waals surface area (Å²) < 4.78 is 16.8. The van der Waals surface area contributed by atoms with Gasteiger partial charge in [0.25, 0.3) is 0 Å². The van der Waals surface area contributed by atoms with Crippen LogP contribution in [0.3, 0.4) is 0 Å². The van der Waals surface area contributed by atoms with Crippen molar-refractivity contribution in [3.8, 4) is 0 Å². The summed E-state index contributed by atoms with van der Waals surface area (Å²) in [5.41, 5.74) is 0. The fraction of sp³-hybridized carbons (Fsp3) is 0.787. The highest BCUT2D eigenvalue weighted by molar-refractivity contribution is 5.71. The van der Waals surface area contributed by atoms with Gasteiger partial charge in [-0.15, -0.1) is 0 Å². The van der Waals surface area contributed by atoms with Crippen molar-refractivity contribution in [1.29, 1.82) is 0 Å². The molecule has 0 saturated carbocycles. The molecule has 6 nitrogen and oxygen atoms in total. The number of hydrogen-bond acceptors (Lipinski definition) is 6. The lowest BCUT2D eigenvalue weighted by atomic mass is 10.0. The molecule has 388 valence electrons. The van der Waals surface area contributed by atoms with Gasteiger partial charge in [-0.25, -0.2) is 0 Å². The average molecular weight is 938 g/mol. The molecule has 0 heterocycles. The van der Waals surface area contributed by atoms with Gasteiger partial charge >= 0.3 is 17.9 Å². The monoisotopic (exact) mass is 937 g/mol. The fourth-order valence-electron chi connectivity index (χ4n) is 8.26. The molecule has 0 aromatic heterocycles. The SMILES string of the molecule is CC\C=C/C=C\C=C/CCCCCCCC(=O)OCC(COC(=O)CCCCCCC/C=C\C=C/CCCCCCCCC)OC(=O)CCCCCCCCCCCCCCCCCCCC. The predicted molar refractivity (Wildman–Crippen MR) is 288 cm³/mol. The second-order valence-corrected chi connectivity index (χ2v) is 19.3. The van der Waals surface area contributed by atoms with Crippen molar-refractivity contribution in [2.24, 2.45) is 0 Å². The Hall–Kier alpha value is -2.89. The minimum Gasteiger partial charge on any atom is -0.462 e. The van der Waals surface area contributed by atoms with E-state index >= 15 is 0 Å². The Balaban J connectivity index is 4.38. The van der Waals surface area contributed by atoms with Crippen LogP contribution in [-0.4, -0.2) is 37.2 Å². The number of rotatable bonds is 52. The number of carbonyl (C=O) groups is 3. The summed E-state index contributed by atoms with van der Waals surface area (Å²) in [6.07, 6.45) is 69.3. The Kier molecular flexibility index (Phi) is 53.3. The van der Waals surface area contributed by atoms with E-state index in [1.54, 1.807) is 0 Å². The molecule has 1 unspecified atom stereocenters. The third-order valence-electron chi connectivity index (χ3n) is 12.6. The lowest BCUT2D eigenvalue weighted by Gasteiger charge is -2.18. The van der Waals surface area contributed by atoms with Crippen molar-refractivity contribution in [2.45, 2.75) is 297 Å². The predicted octanol–water partition coefficient (Wildman–Crippen LogP) is 19.2. The zero-order chi connectivity index (χ0) is 48.6. The van der Waals surface area contributed by atoms with Gasteiger partial charge in [0, 0.05) is 19.3 Å². The van der Waals surface area contributed by atoms with Crippen LogP contribution in [-0.2, 0) is 28.6 Å². The number of ether oxygens (including phenoxy) is 3. The molecule has 0 radical (unpaired) electrons. The summed E-state index contributed by atoms with van der Waals surface area (Å²) in [5, 5.41) is 0. The van der Waals surface area contributed by atoms with Crippen molar-refractivity contribution in [3.63, 3.8) is 0 Å². The molecular weight excluding hydrogens is 829 g/mol. The van der Waals surface area contributed by atoms with Crippen LogP contribution in [0.1, 0.15) is 290 Å². The van der Waals surface area contributed by atoms with E-state index in [1.807, 2.05) is 0 Å². The lowest BCUT2D eigenvalue weighted by molar-refractivity contribution is -0.167. The quantitative estimate of drug-likeness (QED) is 0.0262. The van der Waals surface area contributed by atoms with E-state index in [-0.39, 0.29) is 31.1 Å². The molecule has 0 aliphatic rings. The molecule has 0 spiro atoms. The molecule has 6 heteroatoms. The van der Waals surface area contributed by atoms with E-state index in [2.05, 4.69) is 81.5 Å². The first-order valence-electron chi connectivity index (χ1n) is 28.8. The summed E-state index contributed by atoms with van der Waals surface area (Å²) in [6.45, 7) is 6.50. The molecule has 0 amide bonds. The number of unbranched alkanes of at least 4 members (excludes halogenated alkanes) is 34. The normalized spacial score (nSPS) is 12.5. The third kappa shape index (κ3) is 53.9. The van der Waals surface area contributed by atoms with Crippen molar-refractivity contribution in [2.75, 3.05) is 13.2 Å². The molecule has 0 fully saturated rings. The molecule has 0 saturated heterocycles. The Morgan fingerprint density at radius 1 is 0.313 bits per heavy atom. The molecule has 1 atom stereocenters. The van der Waals surface area contributed by atoms with Gasteiger partial charge in [-0.3, -0.25) is 14.4 Å². The molecule has 0 aromatic rings. The van der Waals surface area contributed by atoms with Crippen molar-refractivity contribution in [3.05, 3.63) is 60.8 Å². The van der Waals surface area contributed by atoms with Gasteiger partial charge in [0.2, 0.25) is 0 Å². The number of carbonyl (C=O) groups excluding carboxylic acids is 3. The lowest BCUT2D eigenvalue weighted by Crippen LogP contribution is -2.30. The van der Waals surface area contributed by atoms with Gasteiger partial charge in [-0.2, -0.15) is 0 Å². The molecule has 0 aliphatic heterocycles. The Labute approximate surface area is 415 Å². The minimum atomic E-state index is -0.787. The Bertz CT molecular complexity index is 1210. The summed E-state index contributed by atoms with van der Waals surface area (Å²) in [5.74, 6) is -0.909. The van der Waals surface area contributed by atoms with Crippen LogP contribution in [0.4, 0.5) is 0 Å². The van der Waals surface area contributed by atoms with Gasteiger partial charge < -0.3 is 14.2 Å². The van der Waals surface area contributed by atoms with Gasteiger partial charge in [0.15, 0.2) is 6.10 Å². The van der Waals surface area contributed by atoms with E-state index in [0.717, 1.165) is 103 Å². The van der Waals surface area contributed by atoms with Crippen LogP contribution in [0.25, 0.3) is 0 Å². The number of esters is 3. The molecule has 0 rings (SSSR count). The maximum absolute atomic E-state index is 12.9. The Morgan fingerprint density at radius 2 is 0.582 bits per heavy atom. The Morgan fingerprint density at radius 3 is 0.910 bits per heavy atom. The average Bonchev–Trinajstić information content (AvgIpc) is 3.33. The van der Waals surface area contributed by atoms with Crippen LogP contribution in [0.15, 0.2) is 60.8 Å². The molecule has 0 aromatic carbocycles. The highest BCUT2D eigenvalue weighted by atomic mass is 16.6. The van der Waals surface area contributed by atoms with Crippen LogP contribution in [0.2, 0.25) is 0 Å². The maximum atomic E-state index is 12.9. The molecule has 0 bridgehead atoms. The summed E-state index contributed by atoms with van der Waals surface area (Å²) in [6, 6.07) is 0. The standard InChI is InChI=1S/C61H108O6/c1-4-7-10-13-16-19-22-25-27-29-31-33-36-39-42-45-48-51-54-60(63)66-57-58(56-65-59(62)53-50-47-44-41-38-35-24-21-18-15-12-9-6-3)67-61(64)55-52-49-46-43-40-37-34-32-30-28-26-23-20-17-14-11-8-5-2/h9,12,15,18,21,24,27,29,31,33,58H,4-8,10-11,13-14,16-17,19-20,22-23,25-26,28,30,32,34-57H2,1-3H3/b12-9-,18-15-,24-21-,29-27-,33-31-. The van der Waals surface area contributed by atoms with Crippen LogP contribution < -0.4 is 0 Å². The molecule has 0 aliphatic carbocycles. The topological polar surface area (TPSA) is 78.9 Å². The van der Waals surface area contributed by atoms with Gasteiger partial charge in [0.1, 0.15) is 13.2 Å². The van der Waals surface area contributed by atoms with Gasteiger partial charge in [-0.1, -0.05) is 268 Å². The first-order valence-corrected chi connectivity index (χ1v) is 28.8. The van der Waals surface area contributed by atoms with Crippen molar-refractivity contribution in [1.82, 2.24) is 0 Å². The van der Waals surface area contributed by atoms with Crippen LogP contribution >= 0.6 is 0 Å². The summed E-state index contributed by atoms with van der Waals surface area (Å²) >= 11 is 0. The van der Waals surface area contributed by atoms with Crippen molar-refractivity contribution >= 4 is 17.9 Å². The van der Waals surface area contributed by atoms with E-state index in [4.69, 9.17) is 14.2 Å². The van der Waals surface area contributed by atoms with Gasteiger partial charge in [0.05, 0.1) is 0 Å². The summed E-state index contributed by atoms with van der Waals surface area (Å²) in [7, 11) is 0. The van der Waals surface area contributed by atoms with Crippen molar-refractivity contribution < 1.29 is 28.6 Å². The van der Waals surface area contributed by atoms with Gasteiger partial charge in [-0.05, 0) is 64.2 Å². The minimum absolute atomic E-state index is 0.0868. The zero-order valence-corrected chi connectivity index (χ0v) is 44.4. The van der Waals surface area contributed by atoms with Crippen LogP contribution in [0, 0.1) is 0 Å². The first-order chi connectivity index (χ1) is 33.0. The maximum Gasteiger partial charge on any atom is 0.306 e. The zero-order valence-electron chi connectivity index (χ0n) is 44.4.